The molecule has 4 rings (SSSR count). The first kappa shape index (κ1) is 24.9. The van der Waals surface area contributed by atoms with Gasteiger partial charge in [-0.05, 0) is 73.4 Å². The summed E-state index contributed by atoms with van der Waals surface area (Å²) in [5.74, 6) is -1.54. The summed E-state index contributed by atoms with van der Waals surface area (Å²) >= 11 is 0. The second-order valence-electron chi connectivity index (χ2n) is 8.92. The van der Waals surface area contributed by atoms with E-state index >= 15 is 0 Å². The van der Waals surface area contributed by atoms with E-state index in [1.165, 1.54) is 17.7 Å². The maximum absolute atomic E-state index is 13.4. The van der Waals surface area contributed by atoms with E-state index in [0.29, 0.717) is 18.4 Å². The van der Waals surface area contributed by atoms with Crippen molar-refractivity contribution in [1.29, 1.82) is 5.26 Å². The van der Waals surface area contributed by atoms with Gasteiger partial charge < -0.3 is 9.88 Å². The first-order valence-corrected chi connectivity index (χ1v) is 11.8. The molecular weight excluding hydrogens is 456 g/mol. The molecule has 0 atom stereocenters. The van der Waals surface area contributed by atoms with Crippen LogP contribution in [0, 0.1) is 36.8 Å². The van der Waals surface area contributed by atoms with Gasteiger partial charge in [-0.25, -0.2) is 8.78 Å². The van der Waals surface area contributed by atoms with Gasteiger partial charge in [0.15, 0.2) is 0 Å². The molecule has 0 saturated heterocycles. The summed E-state index contributed by atoms with van der Waals surface area (Å²) in [4.78, 5) is 12.6. The van der Waals surface area contributed by atoms with E-state index in [9.17, 15) is 13.6 Å². The van der Waals surface area contributed by atoms with Crippen molar-refractivity contribution in [2.75, 3.05) is 0 Å². The van der Waals surface area contributed by atoms with E-state index in [2.05, 4.69) is 54.1 Å². The Labute approximate surface area is 209 Å². The van der Waals surface area contributed by atoms with Crippen LogP contribution in [0.1, 0.15) is 34.4 Å². The van der Waals surface area contributed by atoms with E-state index in [1.807, 2.05) is 30.3 Å². The minimum atomic E-state index is -0.670. The smallest absolute Gasteiger partial charge is 0.220 e. The van der Waals surface area contributed by atoms with Gasteiger partial charge in [0.05, 0.1) is 18.2 Å². The molecule has 182 valence electrons. The van der Waals surface area contributed by atoms with Crippen LogP contribution in [0.3, 0.4) is 0 Å². The molecule has 0 unspecified atom stereocenters. The fourth-order valence-corrected chi connectivity index (χ4v) is 4.39. The van der Waals surface area contributed by atoms with Gasteiger partial charge in [0.1, 0.15) is 11.6 Å². The number of aryl methyl sites for hydroxylation is 3. The molecule has 4 nitrogen and oxygen atoms in total. The summed E-state index contributed by atoms with van der Waals surface area (Å²) in [5, 5.41) is 11.7. The lowest BCUT2D eigenvalue weighted by Gasteiger charge is -2.16. The molecule has 1 N–H and O–H groups in total. The normalized spacial score (nSPS) is 10.8. The van der Waals surface area contributed by atoms with E-state index in [-0.39, 0.29) is 18.9 Å². The molecule has 0 spiro atoms. The van der Waals surface area contributed by atoms with Gasteiger partial charge in [-0.15, -0.1) is 0 Å². The van der Waals surface area contributed by atoms with Crippen molar-refractivity contribution in [3.8, 4) is 23.0 Å². The Morgan fingerprint density at radius 2 is 1.64 bits per heavy atom. The highest BCUT2D eigenvalue weighted by atomic mass is 19.1. The number of carbonyl (C=O) groups excluding carboxylic acids is 1. The summed E-state index contributed by atoms with van der Waals surface area (Å²) in [6.45, 7) is 4.20. The van der Waals surface area contributed by atoms with E-state index in [0.717, 1.165) is 39.8 Å². The molecule has 1 amide bonds. The number of amides is 1. The molecule has 0 aliphatic rings. The van der Waals surface area contributed by atoms with Crippen LogP contribution < -0.4 is 5.32 Å². The van der Waals surface area contributed by atoms with Crippen molar-refractivity contribution in [3.63, 3.8) is 0 Å². The van der Waals surface area contributed by atoms with Crippen LogP contribution in [0.4, 0.5) is 8.78 Å². The van der Waals surface area contributed by atoms with Crippen molar-refractivity contribution in [3.05, 3.63) is 112 Å². The zero-order chi connectivity index (χ0) is 25.7. The van der Waals surface area contributed by atoms with Gasteiger partial charge in [0, 0.05) is 36.0 Å². The number of benzene rings is 3. The zero-order valence-corrected chi connectivity index (χ0v) is 20.3. The third-order valence-corrected chi connectivity index (χ3v) is 6.12. The molecule has 1 aromatic heterocycles. The van der Waals surface area contributed by atoms with Crippen molar-refractivity contribution >= 4 is 5.91 Å². The molecule has 0 aliphatic heterocycles. The van der Waals surface area contributed by atoms with Crippen LogP contribution in [0.5, 0.6) is 0 Å². The summed E-state index contributed by atoms with van der Waals surface area (Å²) in [6, 6.07) is 23.7. The fourth-order valence-electron chi connectivity index (χ4n) is 4.39. The number of carbonyl (C=O) groups is 1. The third-order valence-electron chi connectivity index (χ3n) is 6.12. The number of nitrogens with one attached hydrogen (secondary N) is 1. The minimum Gasteiger partial charge on any atom is -0.352 e. The third kappa shape index (κ3) is 5.87. The number of aromatic nitrogens is 1. The number of halogens is 2. The fraction of sp³-hybridized carbons (Fsp3) is 0.200. The maximum Gasteiger partial charge on any atom is 0.220 e. The predicted octanol–water partition coefficient (Wildman–Crippen LogP) is 6.35. The number of hydrogen-bond donors (Lipinski definition) is 1. The van der Waals surface area contributed by atoms with Crippen LogP contribution in [0.15, 0.2) is 72.8 Å². The Hall–Kier alpha value is -4.24. The second-order valence-corrected chi connectivity index (χ2v) is 8.92. The lowest BCUT2D eigenvalue weighted by molar-refractivity contribution is -0.121. The highest BCUT2D eigenvalue weighted by Crippen LogP contribution is 2.30. The average molecular weight is 484 g/mol. The lowest BCUT2D eigenvalue weighted by Crippen LogP contribution is -2.23. The topological polar surface area (TPSA) is 57.8 Å². The standard InChI is InChI=1S/C30H27F2N3O/c1-20-3-10-28(21(2)15-20)29-11-8-27(35(29)26-6-4-22(5-7-26)13-14-33)9-12-30(36)34-19-23-16-24(31)18-25(32)17-23/h3-8,10-11,15-18H,9,12-13,19H2,1-2H3,(H,34,36). The molecule has 0 saturated carbocycles. The molecule has 6 heteroatoms. The summed E-state index contributed by atoms with van der Waals surface area (Å²) in [6.07, 6.45) is 1.05. The summed E-state index contributed by atoms with van der Waals surface area (Å²) in [7, 11) is 0. The molecular formula is C30H27F2N3O. The molecule has 1 heterocycles. The summed E-state index contributed by atoms with van der Waals surface area (Å²) < 4.78 is 29.0. The van der Waals surface area contributed by atoms with Gasteiger partial charge in [-0.3, -0.25) is 4.79 Å². The lowest BCUT2D eigenvalue weighted by atomic mass is 10.0. The average Bonchev–Trinajstić information content (AvgIpc) is 3.25. The maximum atomic E-state index is 13.4. The Bertz CT molecular complexity index is 1410. The van der Waals surface area contributed by atoms with E-state index in [4.69, 9.17) is 5.26 Å². The molecule has 4 aromatic rings. The van der Waals surface area contributed by atoms with Crippen LogP contribution >= 0.6 is 0 Å². The zero-order valence-electron chi connectivity index (χ0n) is 20.3. The SMILES string of the molecule is Cc1ccc(-c2ccc(CCC(=O)NCc3cc(F)cc(F)c3)n2-c2ccc(CC#N)cc2)c(C)c1. The van der Waals surface area contributed by atoms with Crippen molar-refractivity contribution in [1.82, 2.24) is 9.88 Å². The number of rotatable bonds is 8. The van der Waals surface area contributed by atoms with Gasteiger partial charge in [-0.2, -0.15) is 5.26 Å². The minimum absolute atomic E-state index is 0.0582. The number of nitriles is 1. The Kier molecular flexibility index (Phi) is 7.60. The van der Waals surface area contributed by atoms with E-state index < -0.39 is 11.6 Å². The molecule has 36 heavy (non-hydrogen) atoms. The monoisotopic (exact) mass is 483 g/mol. The van der Waals surface area contributed by atoms with Gasteiger partial charge in [-0.1, -0.05) is 35.9 Å². The molecule has 3 aromatic carbocycles. The van der Waals surface area contributed by atoms with Gasteiger partial charge in [0.25, 0.3) is 0 Å². The first-order valence-electron chi connectivity index (χ1n) is 11.8. The highest BCUT2D eigenvalue weighted by Gasteiger charge is 2.15. The highest BCUT2D eigenvalue weighted by molar-refractivity contribution is 5.76. The predicted molar refractivity (Wildman–Crippen MR) is 137 cm³/mol. The number of nitrogens with zero attached hydrogens (tertiary/aromatic N) is 2. The summed E-state index contributed by atoms with van der Waals surface area (Å²) in [5.41, 5.74) is 7.69. The Morgan fingerprint density at radius 3 is 2.31 bits per heavy atom. The first-order chi connectivity index (χ1) is 17.3. The molecule has 0 bridgehead atoms. The van der Waals surface area contributed by atoms with Crippen molar-refractivity contribution < 1.29 is 13.6 Å². The Balaban J connectivity index is 1.57. The van der Waals surface area contributed by atoms with Crippen LogP contribution in [-0.2, 0) is 24.2 Å². The second kappa shape index (κ2) is 11.0. The van der Waals surface area contributed by atoms with Gasteiger partial charge >= 0.3 is 0 Å². The molecule has 0 radical (unpaired) electrons. The van der Waals surface area contributed by atoms with E-state index in [1.54, 1.807) is 0 Å². The van der Waals surface area contributed by atoms with Crippen molar-refractivity contribution in [2.45, 2.75) is 39.7 Å². The van der Waals surface area contributed by atoms with Gasteiger partial charge in [0.2, 0.25) is 5.91 Å². The number of hydrogen-bond acceptors (Lipinski definition) is 2. The largest absolute Gasteiger partial charge is 0.352 e. The Morgan fingerprint density at radius 1 is 0.917 bits per heavy atom. The molecule has 0 fully saturated rings. The van der Waals surface area contributed by atoms with Crippen molar-refractivity contribution in [2.24, 2.45) is 0 Å². The molecule has 0 aliphatic carbocycles. The van der Waals surface area contributed by atoms with Crippen LogP contribution in [-0.4, -0.2) is 10.5 Å². The quantitative estimate of drug-likeness (QED) is 0.317. The van der Waals surface area contributed by atoms with Crippen LogP contribution in [0.25, 0.3) is 16.9 Å². The van der Waals surface area contributed by atoms with Crippen LogP contribution in [0.2, 0.25) is 0 Å².